The highest BCUT2D eigenvalue weighted by Crippen LogP contribution is 2.47. The first kappa shape index (κ1) is 17.2. The molecule has 1 heterocycles. The number of hydrogen-bond acceptors (Lipinski definition) is 5. The van der Waals surface area contributed by atoms with E-state index in [-0.39, 0.29) is 11.1 Å². The van der Waals surface area contributed by atoms with Crippen LogP contribution in [0.4, 0.5) is 0 Å². The fourth-order valence-electron chi connectivity index (χ4n) is 2.72. The Labute approximate surface area is 133 Å². The maximum absolute atomic E-state index is 12.2. The van der Waals surface area contributed by atoms with E-state index in [1.807, 2.05) is 0 Å². The molecule has 0 aromatic heterocycles. The molecule has 22 heavy (non-hydrogen) atoms. The molecule has 2 bridgehead atoms. The molecule has 2 aliphatic rings. The highest BCUT2D eigenvalue weighted by molar-refractivity contribution is 6.74. The van der Waals surface area contributed by atoms with Gasteiger partial charge in [0, 0.05) is 19.8 Å². The number of hydrogen-bond donors (Lipinski definition) is 0. The first-order valence-electron chi connectivity index (χ1n) is 7.65. The van der Waals surface area contributed by atoms with E-state index in [1.54, 1.807) is 0 Å². The fourth-order valence-corrected chi connectivity index (χ4v) is 4.02. The Morgan fingerprint density at radius 3 is 2.45 bits per heavy atom. The molecule has 0 N–H and O–H groups in total. The molecule has 6 heteroatoms. The third kappa shape index (κ3) is 2.86. The second-order valence-corrected chi connectivity index (χ2v) is 12.6. The average Bonchev–Trinajstić information content (AvgIpc) is 2.57. The van der Waals surface area contributed by atoms with Crippen LogP contribution in [0.25, 0.3) is 0 Å². The molecule has 0 radical (unpaired) electrons. The molecule has 1 saturated heterocycles. The van der Waals surface area contributed by atoms with Gasteiger partial charge in [-0.25, -0.2) is 4.79 Å². The van der Waals surface area contributed by atoms with Gasteiger partial charge < -0.3 is 13.9 Å². The summed E-state index contributed by atoms with van der Waals surface area (Å²) < 4.78 is 17.1. The second kappa shape index (κ2) is 5.20. The summed E-state index contributed by atoms with van der Waals surface area (Å²) in [6.45, 7) is 16.1. The van der Waals surface area contributed by atoms with Crippen molar-refractivity contribution in [2.75, 3.05) is 0 Å². The summed E-state index contributed by atoms with van der Waals surface area (Å²) in [5.74, 6) is -0.952. The van der Waals surface area contributed by atoms with E-state index in [0.29, 0.717) is 12.8 Å². The molecule has 2 unspecified atom stereocenters. The number of esters is 2. The Kier molecular flexibility index (Phi) is 4.07. The van der Waals surface area contributed by atoms with Crippen LogP contribution in [0.3, 0.4) is 0 Å². The van der Waals surface area contributed by atoms with Crippen molar-refractivity contribution in [3.05, 3.63) is 12.2 Å². The largest absolute Gasteiger partial charge is 0.455 e. The molecule has 5 nitrogen and oxygen atoms in total. The van der Waals surface area contributed by atoms with E-state index in [0.717, 1.165) is 5.57 Å². The van der Waals surface area contributed by atoms with Gasteiger partial charge in [-0.2, -0.15) is 0 Å². The molecule has 2 fully saturated rings. The first-order chi connectivity index (χ1) is 9.88. The summed E-state index contributed by atoms with van der Waals surface area (Å²) >= 11 is 0. The van der Waals surface area contributed by atoms with E-state index in [1.165, 1.54) is 6.92 Å². The lowest BCUT2D eigenvalue weighted by molar-refractivity contribution is -0.172. The van der Waals surface area contributed by atoms with Gasteiger partial charge in [-0.05, 0) is 23.7 Å². The third-order valence-corrected chi connectivity index (χ3v) is 9.55. The third-order valence-electron chi connectivity index (χ3n) is 5.06. The van der Waals surface area contributed by atoms with E-state index in [9.17, 15) is 9.59 Å². The number of fused-ring (bicyclic) bond motifs is 2. The quantitative estimate of drug-likeness (QED) is 0.453. The molecule has 0 aromatic rings. The van der Waals surface area contributed by atoms with Crippen LogP contribution in [0.2, 0.25) is 18.1 Å². The molecule has 1 saturated carbocycles. The number of rotatable bonds is 3. The standard InChI is InChI=1S/C16H26O5Si/c1-10-12-8-16(14(18)19-12,20-11(2)17)9-13(10)21-22(6,7)15(3,4)5/h12-13H,1,8-9H2,2-7H3/t12?,13-,16?/m1/s1. The van der Waals surface area contributed by atoms with Crippen LogP contribution >= 0.6 is 0 Å². The Morgan fingerprint density at radius 2 is 1.95 bits per heavy atom. The molecule has 0 spiro atoms. The lowest BCUT2D eigenvalue weighted by atomic mass is 9.81. The molecule has 124 valence electrons. The maximum Gasteiger partial charge on any atom is 0.351 e. The fraction of sp³-hybridized carbons (Fsp3) is 0.750. The minimum atomic E-state index is -2.03. The number of ether oxygens (including phenoxy) is 2. The van der Waals surface area contributed by atoms with Gasteiger partial charge in [0.15, 0.2) is 8.32 Å². The van der Waals surface area contributed by atoms with Gasteiger partial charge in [0.1, 0.15) is 6.10 Å². The van der Waals surface area contributed by atoms with Crippen molar-refractivity contribution in [2.24, 2.45) is 0 Å². The summed E-state index contributed by atoms with van der Waals surface area (Å²) in [6, 6.07) is 0. The minimum absolute atomic E-state index is 0.0449. The molecule has 1 aliphatic heterocycles. The molecular formula is C16H26O5Si. The second-order valence-electron chi connectivity index (χ2n) is 7.83. The van der Waals surface area contributed by atoms with Crippen LogP contribution in [0.1, 0.15) is 40.5 Å². The normalized spacial score (nSPS) is 31.9. The maximum atomic E-state index is 12.2. The van der Waals surface area contributed by atoms with Crippen molar-refractivity contribution in [1.29, 1.82) is 0 Å². The van der Waals surface area contributed by atoms with Crippen molar-refractivity contribution in [2.45, 2.75) is 76.5 Å². The first-order valence-corrected chi connectivity index (χ1v) is 10.6. The Morgan fingerprint density at radius 1 is 1.36 bits per heavy atom. The number of carbonyl (C=O) groups is 2. The van der Waals surface area contributed by atoms with Gasteiger partial charge in [0.05, 0.1) is 6.10 Å². The van der Waals surface area contributed by atoms with Crippen LogP contribution in [0.15, 0.2) is 12.2 Å². The van der Waals surface area contributed by atoms with Crippen molar-refractivity contribution < 1.29 is 23.5 Å². The minimum Gasteiger partial charge on any atom is -0.455 e. The highest BCUT2D eigenvalue weighted by atomic mass is 28.4. The lowest BCUT2D eigenvalue weighted by Crippen LogP contribution is -2.51. The zero-order valence-corrected chi connectivity index (χ0v) is 15.3. The van der Waals surface area contributed by atoms with Crippen molar-refractivity contribution in [3.63, 3.8) is 0 Å². The zero-order valence-electron chi connectivity index (χ0n) is 14.3. The van der Waals surface area contributed by atoms with E-state index in [4.69, 9.17) is 13.9 Å². The summed E-state index contributed by atoms with van der Waals surface area (Å²) in [5, 5.41) is 0.0449. The van der Waals surface area contributed by atoms with Crippen LogP contribution in [0.5, 0.6) is 0 Å². The summed E-state index contributed by atoms with van der Waals surface area (Å²) in [7, 11) is -2.03. The topological polar surface area (TPSA) is 61.8 Å². The molecule has 3 atom stereocenters. The van der Waals surface area contributed by atoms with Crippen molar-refractivity contribution in [1.82, 2.24) is 0 Å². The van der Waals surface area contributed by atoms with Crippen molar-refractivity contribution >= 4 is 20.3 Å². The van der Waals surface area contributed by atoms with Gasteiger partial charge in [0.25, 0.3) is 0 Å². The average molecular weight is 326 g/mol. The predicted octanol–water partition coefficient (Wildman–Crippen LogP) is 2.95. The van der Waals surface area contributed by atoms with Crippen LogP contribution in [-0.2, 0) is 23.5 Å². The van der Waals surface area contributed by atoms with Gasteiger partial charge in [-0.1, -0.05) is 27.4 Å². The van der Waals surface area contributed by atoms with Gasteiger partial charge in [-0.15, -0.1) is 0 Å². The molecule has 0 aromatic carbocycles. The van der Waals surface area contributed by atoms with Crippen LogP contribution in [-0.4, -0.2) is 38.1 Å². The van der Waals surface area contributed by atoms with E-state index < -0.39 is 32.0 Å². The van der Waals surface area contributed by atoms with E-state index in [2.05, 4.69) is 40.4 Å². The molecule has 2 rings (SSSR count). The predicted molar refractivity (Wildman–Crippen MR) is 84.8 cm³/mol. The Hall–Kier alpha value is -1.14. The number of carbonyl (C=O) groups excluding carboxylic acids is 2. The summed E-state index contributed by atoms with van der Waals surface area (Å²) in [6.07, 6.45) is -0.0877. The van der Waals surface area contributed by atoms with Crippen molar-refractivity contribution in [3.8, 4) is 0 Å². The molecular weight excluding hydrogens is 300 g/mol. The SMILES string of the molecule is C=C1C2CC(OC(C)=O)(C[C@H]1O[Si](C)(C)C(C)(C)C)C(=O)O2. The van der Waals surface area contributed by atoms with E-state index >= 15 is 0 Å². The lowest BCUT2D eigenvalue weighted by Gasteiger charge is -2.43. The monoisotopic (exact) mass is 326 g/mol. The summed E-state index contributed by atoms with van der Waals surface area (Å²) in [4.78, 5) is 23.6. The zero-order chi connectivity index (χ0) is 16.9. The molecule has 1 aliphatic carbocycles. The Balaban J connectivity index is 2.26. The van der Waals surface area contributed by atoms with Gasteiger partial charge >= 0.3 is 11.9 Å². The smallest absolute Gasteiger partial charge is 0.351 e. The Bertz CT molecular complexity index is 519. The van der Waals surface area contributed by atoms with Gasteiger partial charge in [0.2, 0.25) is 5.60 Å². The highest BCUT2D eigenvalue weighted by Gasteiger charge is 2.59. The molecule has 0 amide bonds. The van der Waals surface area contributed by atoms with Gasteiger partial charge in [-0.3, -0.25) is 4.79 Å². The van der Waals surface area contributed by atoms with Crippen LogP contribution < -0.4 is 0 Å². The van der Waals surface area contributed by atoms with Crippen LogP contribution in [0, 0.1) is 0 Å². The summed E-state index contributed by atoms with van der Waals surface area (Å²) in [5.41, 5.74) is -0.427.